The highest BCUT2D eigenvalue weighted by molar-refractivity contribution is 7.80. The van der Waals surface area contributed by atoms with Gasteiger partial charge in [0.15, 0.2) is 5.11 Å². The van der Waals surface area contributed by atoms with Crippen LogP contribution in [0.25, 0.3) is 0 Å². The van der Waals surface area contributed by atoms with Crippen LogP contribution in [0.15, 0.2) is 36.4 Å². The molecule has 0 spiro atoms. The number of ether oxygens (including phenoxy) is 1. The van der Waals surface area contributed by atoms with Crippen LogP contribution in [0.2, 0.25) is 0 Å². The van der Waals surface area contributed by atoms with Crippen molar-refractivity contribution in [1.29, 1.82) is 0 Å². The first-order chi connectivity index (χ1) is 11.9. The number of esters is 1. The first-order valence-corrected chi connectivity index (χ1v) is 8.50. The Morgan fingerprint density at radius 1 is 1.36 bits per heavy atom. The van der Waals surface area contributed by atoms with Crippen LogP contribution in [0.5, 0.6) is 0 Å². The molecule has 1 heterocycles. The van der Waals surface area contributed by atoms with E-state index >= 15 is 0 Å². The quantitative estimate of drug-likeness (QED) is 0.253. The van der Waals surface area contributed by atoms with E-state index in [2.05, 4.69) is 11.5 Å². The van der Waals surface area contributed by atoms with Gasteiger partial charge in [-0.1, -0.05) is 6.58 Å². The van der Waals surface area contributed by atoms with E-state index in [4.69, 9.17) is 17.0 Å². The number of hydrogen-bond donors (Lipinski definition) is 0. The number of non-ortho nitro benzene ring substituents is 1. The van der Waals surface area contributed by atoms with Crippen molar-refractivity contribution >= 4 is 34.7 Å². The lowest BCUT2D eigenvalue weighted by Crippen LogP contribution is -2.43. The van der Waals surface area contributed by atoms with Crippen LogP contribution in [0.3, 0.4) is 0 Å². The Morgan fingerprint density at radius 3 is 2.48 bits per heavy atom. The second kappa shape index (κ2) is 8.57. The molecule has 0 N–H and O–H groups in total. The summed E-state index contributed by atoms with van der Waals surface area (Å²) in [5, 5.41) is 11.4. The van der Waals surface area contributed by atoms with Gasteiger partial charge in [0.05, 0.1) is 18.1 Å². The molecule has 7 nitrogen and oxygen atoms in total. The molecule has 1 aromatic carbocycles. The number of benzene rings is 1. The third-order valence-electron chi connectivity index (χ3n) is 3.89. The minimum Gasteiger partial charge on any atom is -0.463 e. The van der Waals surface area contributed by atoms with E-state index in [-0.39, 0.29) is 24.4 Å². The molecule has 0 aromatic heterocycles. The molecular weight excluding hydrogens is 342 g/mol. The van der Waals surface area contributed by atoms with Gasteiger partial charge >= 0.3 is 5.97 Å². The minimum absolute atomic E-state index is 0.00000936. The second-order valence-electron chi connectivity index (χ2n) is 5.66. The molecule has 1 aliphatic heterocycles. The fourth-order valence-corrected chi connectivity index (χ4v) is 2.94. The van der Waals surface area contributed by atoms with Crippen LogP contribution in [0.4, 0.5) is 11.4 Å². The Labute approximate surface area is 152 Å². The van der Waals surface area contributed by atoms with Crippen molar-refractivity contribution in [2.24, 2.45) is 0 Å². The number of carbonyl (C=O) groups excluding carboxylic acids is 1. The highest BCUT2D eigenvalue weighted by Gasteiger charge is 2.24. The zero-order chi connectivity index (χ0) is 18.4. The third-order valence-corrected chi connectivity index (χ3v) is 4.37. The highest BCUT2D eigenvalue weighted by atomic mass is 32.1. The topological polar surface area (TPSA) is 75.9 Å². The van der Waals surface area contributed by atoms with Crippen molar-refractivity contribution in [2.75, 3.05) is 31.1 Å². The van der Waals surface area contributed by atoms with Gasteiger partial charge in [-0.05, 0) is 44.1 Å². The second-order valence-corrected chi connectivity index (χ2v) is 6.03. The molecule has 0 radical (unpaired) electrons. The van der Waals surface area contributed by atoms with Gasteiger partial charge in [0, 0.05) is 36.5 Å². The number of thiocarbonyl (C=S) groups is 1. The van der Waals surface area contributed by atoms with E-state index in [0.29, 0.717) is 10.8 Å². The molecule has 0 atom stereocenters. The molecular formula is C17H21N3O4S. The summed E-state index contributed by atoms with van der Waals surface area (Å²) in [4.78, 5) is 26.1. The van der Waals surface area contributed by atoms with E-state index in [9.17, 15) is 14.9 Å². The van der Waals surface area contributed by atoms with E-state index in [1.54, 1.807) is 24.0 Å². The van der Waals surface area contributed by atoms with Gasteiger partial charge < -0.3 is 14.5 Å². The van der Waals surface area contributed by atoms with Crippen molar-refractivity contribution in [3.63, 3.8) is 0 Å². The van der Waals surface area contributed by atoms with Gasteiger partial charge in [-0.3, -0.25) is 10.1 Å². The summed E-state index contributed by atoms with van der Waals surface area (Å²) in [5.74, 6) is -0.473. The van der Waals surface area contributed by atoms with E-state index < -0.39 is 10.9 Å². The summed E-state index contributed by atoms with van der Waals surface area (Å²) in [6.07, 6.45) is 2.13. The lowest BCUT2D eigenvalue weighted by Gasteiger charge is -2.31. The zero-order valence-corrected chi connectivity index (χ0v) is 15.0. The van der Waals surface area contributed by atoms with E-state index in [0.717, 1.165) is 25.9 Å². The molecule has 1 aromatic rings. The van der Waals surface area contributed by atoms with Crippen molar-refractivity contribution in [1.82, 2.24) is 4.90 Å². The third kappa shape index (κ3) is 4.76. The standard InChI is InChI=1S/C17H21N3O4S/c1-3-24-16(21)13(2)12-19(17(25)18-10-4-5-11-18)14-6-8-15(9-7-14)20(22)23/h6-9H,2-5,10-12H2,1H3. The van der Waals surface area contributed by atoms with Gasteiger partial charge in [-0.2, -0.15) is 0 Å². The summed E-state index contributed by atoms with van der Waals surface area (Å²) in [6, 6.07) is 6.09. The lowest BCUT2D eigenvalue weighted by atomic mass is 10.2. The number of hydrogen-bond acceptors (Lipinski definition) is 5. The van der Waals surface area contributed by atoms with Gasteiger partial charge in [-0.15, -0.1) is 0 Å². The molecule has 2 rings (SSSR count). The summed E-state index contributed by atoms with van der Waals surface area (Å²) >= 11 is 5.60. The first kappa shape index (κ1) is 18.9. The maximum absolute atomic E-state index is 11.9. The molecule has 134 valence electrons. The summed E-state index contributed by atoms with van der Waals surface area (Å²) in [6.45, 7) is 7.67. The number of nitro benzene ring substituents is 1. The molecule has 25 heavy (non-hydrogen) atoms. The van der Waals surface area contributed by atoms with Crippen LogP contribution < -0.4 is 4.90 Å². The highest BCUT2D eigenvalue weighted by Crippen LogP contribution is 2.23. The molecule has 1 fully saturated rings. The van der Waals surface area contributed by atoms with Crippen LogP contribution in [0, 0.1) is 10.1 Å². The van der Waals surface area contributed by atoms with Crippen LogP contribution in [-0.4, -0.2) is 47.1 Å². The maximum atomic E-state index is 11.9. The monoisotopic (exact) mass is 363 g/mol. The van der Waals surface area contributed by atoms with Crippen LogP contribution >= 0.6 is 12.2 Å². The number of anilines is 1. The first-order valence-electron chi connectivity index (χ1n) is 8.09. The van der Waals surface area contributed by atoms with Crippen molar-refractivity contribution in [3.05, 3.63) is 46.5 Å². The fraction of sp³-hybridized carbons (Fsp3) is 0.412. The Morgan fingerprint density at radius 2 is 1.96 bits per heavy atom. The molecule has 0 bridgehead atoms. The molecule has 0 amide bonds. The summed E-state index contributed by atoms with van der Waals surface area (Å²) < 4.78 is 4.98. The smallest absolute Gasteiger partial charge is 0.335 e. The Bertz CT molecular complexity index is 669. The predicted molar refractivity (Wildman–Crippen MR) is 99.6 cm³/mol. The van der Waals surface area contributed by atoms with Gasteiger partial charge in [0.25, 0.3) is 5.69 Å². The van der Waals surface area contributed by atoms with Gasteiger partial charge in [0.2, 0.25) is 0 Å². The molecule has 0 aliphatic carbocycles. The fourth-order valence-electron chi connectivity index (χ4n) is 2.59. The summed E-state index contributed by atoms with van der Waals surface area (Å²) in [5.41, 5.74) is 0.953. The summed E-state index contributed by atoms with van der Waals surface area (Å²) in [7, 11) is 0. The average molecular weight is 363 g/mol. The molecule has 1 aliphatic rings. The number of nitro groups is 1. The SMILES string of the molecule is C=C(CN(C(=S)N1CCCC1)c1ccc([N+](=O)[O-])cc1)C(=O)OCC. The van der Waals surface area contributed by atoms with Crippen LogP contribution in [0.1, 0.15) is 19.8 Å². The number of rotatable bonds is 6. The molecule has 0 unspecified atom stereocenters. The maximum Gasteiger partial charge on any atom is 0.335 e. The minimum atomic E-state index is -0.473. The Balaban J connectivity index is 2.24. The largest absolute Gasteiger partial charge is 0.463 e. The number of likely N-dealkylation sites (tertiary alicyclic amines) is 1. The molecule has 0 saturated carbocycles. The van der Waals surface area contributed by atoms with E-state index in [1.807, 2.05) is 0 Å². The van der Waals surface area contributed by atoms with Crippen molar-refractivity contribution in [2.45, 2.75) is 19.8 Å². The van der Waals surface area contributed by atoms with E-state index in [1.165, 1.54) is 12.1 Å². The molecule has 1 saturated heterocycles. The normalized spacial score (nSPS) is 13.4. The zero-order valence-electron chi connectivity index (χ0n) is 14.1. The predicted octanol–water partition coefficient (Wildman–Crippen LogP) is 2.90. The average Bonchev–Trinajstić information content (AvgIpc) is 3.13. The van der Waals surface area contributed by atoms with Gasteiger partial charge in [0.1, 0.15) is 0 Å². The number of carbonyl (C=O) groups is 1. The Hall–Kier alpha value is -2.48. The molecule has 8 heteroatoms. The van der Waals surface area contributed by atoms with Crippen molar-refractivity contribution in [3.8, 4) is 0 Å². The lowest BCUT2D eigenvalue weighted by molar-refractivity contribution is -0.384. The van der Waals surface area contributed by atoms with Crippen LogP contribution in [-0.2, 0) is 9.53 Å². The number of nitrogens with zero attached hydrogens (tertiary/aromatic N) is 3. The Kier molecular flexibility index (Phi) is 6.46. The van der Waals surface area contributed by atoms with Crippen molar-refractivity contribution < 1.29 is 14.5 Å². The van der Waals surface area contributed by atoms with Gasteiger partial charge in [-0.25, -0.2) is 4.79 Å².